The minimum atomic E-state index is -4.30. The van der Waals surface area contributed by atoms with Gasteiger partial charge in [-0.3, -0.25) is 0 Å². The molecule has 0 radical (unpaired) electrons. The molecule has 0 saturated heterocycles. The van der Waals surface area contributed by atoms with Gasteiger partial charge >= 0.3 is 6.18 Å². The predicted octanol–water partition coefficient (Wildman–Crippen LogP) is 1.92. The SMILES string of the molecule is CNCCc1cnc(C(F)(F)F)s1. The van der Waals surface area contributed by atoms with Crippen LogP contribution in [0.15, 0.2) is 6.20 Å². The molecule has 13 heavy (non-hydrogen) atoms. The van der Waals surface area contributed by atoms with Gasteiger partial charge in [0.15, 0.2) is 5.01 Å². The summed E-state index contributed by atoms with van der Waals surface area (Å²) >= 11 is 0.704. The normalized spacial score (nSPS) is 12.0. The van der Waals surface area contributed by atoms with Crippen molar-refractivity contribution in [2.45, 2.75) is 12.6 Å². The summed E-state index contributed by atoms with van der Waals surface area (Å²) in [6.45, 7) is 0.666. The van der Waals surface area contributed by atoms with Crippen molar-refractivity contribution in [1.29, 1.82) is 0 Å². The largest absolute Gasteiger partial charge is 0.443 e. The predicted molar refractivity (Wildman–Crippen MR) is 44.7 cm³/mol. The number of hydrogen-bond acceptors (Lipinski definition) is 3. The van der Waals surface area contributed by atoms with Crippen LogP contribution in [0.1, 0.15) is 9.88 Å². The van der Waals surface area contributed by atoms with Crippen molar-refractivity contribution in [2.75, 3.05) is 13.6 Å². The number of likely N-dealkylation sites (N-methyl/N-ethyl adjacent to an activating group) is 1. The third-order valence-corrected chi connectivity index (χ3v) is 2.52. The van der Waals surface area contributed by atoms with Gasteiger partial charge in [0.05, 0.1) is 0 Å². The lowest BCUT2D eigenvalue weighted by atomic mass is 10.4. The van der Waals surface area contributed by atoms with Crippen LogP contribution in [-0.2, 0) is 12.6 Å². The van der Waals surface area contributed by atoms with Crippen LogP contribution < -0.4 is 5.32 Å². The number of nitrogens with zero attached hydrogens (tertiary/aromatic N) is 1. The summed E-state index contributed by atoms with van der Waals surface area (Å²) in [6, 6.07) is 0. The Labute approximate surface area is 77.8 Å². The van der Waals surface area contributed by atoms with Gasteiger partial charge in [0.2, 0.25) is 0 Å². The highest BCUT2D eigenvalue weighted by Crippen LogP contribution is 2.32. The highest BCUT2D eigenvalue weighted by Gasteiger charge is 2.34. The number of hydrogen-bond donors (Lipinski definition) is 1. The third-order valence-electron chi connectivity index (χ3n) is 1.42. The van der Waals surface area contributed by atoms with Gasteiger partial charge in [-0.15, -0.1) is 11.3 Å². The van der Waals surface area contributed by atoms with Gasteiger partial charge in [-0.1, -0.05) is 0 Å². The van der Waals surface area contributed by atoms with E-state index in [1.165, 1.54) is 6.20 Å². The van der Waals surface area contributed by atoms with Crippen molar-refractivity contribution >= 4 is 11.3 Å². The van der Waals surface area contributed by atoms with E-state index in [9.17, 15) is 13.2 Å². The Kier molecular flexibility index (Phi) is 3.27. The van der Waals surface area contributed by atoms with Crippen molar-refractivity contribution in [3.63, 3.8) is 0 Å². The summed E-state index contributed by atoms with van der Waals surface area (Å²) in [7, 11) is 1.76. The number of thiazole rings is 1. The maximum Gasteiger partial charge on any atom is 0.443 e. The van der Waals surface area contributed by atoms with Crippen molar-refractivity contribution in [3.8, 4) is 0 Å². The Morgan fingerprint density at radius 3 is 2.69 bits per heavy atom. The number of rotatable bonds is 3. The van der Waals surface area contributed by atoms with Crippen molar-refractivity contribution in [3.05, 3.63) is 16.1 Å². The molecule has 1 heterocycles. The first-order chi connectivity index (χ1) is 6.04. The van der Waals surface area contributed by atoms with E-state index in [1.807, 2.05) is 0 Å². The summed E-state index contributed by atoms with van der Waals surface area (Å²) in [5.41, 5.74) is 0. The van der Waals surface area contributed by atoms with E-state index in [4.69, 9.17) is 0 Å². The molecule has 0 aliphatic rings. The molecule has 0 bridgehead atoms. The van der Waals surface area contributed by atoms with E-state index >= 15 is 0 Å². The summed E-state index contributed by atoms with van der Waals surface area (Å²) in [5, 5.41) is 2.10. The fourth-order valence-corrected chi connectivity index (χ4v) is 1.58. The highest BCUT2D eigenvalue weighted by atomic mass is 32.1. The first-order valence-corrected chi connectivity index (χ1v) is 4.52. The van der Waals surface area contributed by atoms with E-state index < -0.39 is 11.2 Å². The summed E-state index contributed by atoms with van der Waals surface area (Å²) in [5.74, 6) is 0. The summed E-state index contributed by atoms with van der Waals surface area (Å²) < 4.78 is 36.2. The van der Waals surface area contributed by atoms with Gasteiger partial charge < -0.3 is 5.32 Å². The third kappa shape index (κ3) is 2.96. The van der Waals surface area contributed by atoms with Crippen LogP contribution in [0, 0.1) is 0 Å². The molecule has 1 N–H and O–H groups in total. The maximum absolute atomic E-state index is 12.1. The van der Waals surface area contributed by atoms with Crippen LogP contribution >= 0.6 is 11.3 Å². The molecule has 0 fully saturated rings. The van der Waals surface area contributed by atoms with Gasteiger partial charge in [-0.05, 0) is 20.0 Å². The molecule has 0 aliphatic heterocycles. The average molecular weight is 210 g/mol. The van der Waals surface area contributed by atoms with Crippen LogP contribution in [-0.4, -0.2) is 18.6 Å². The number of alkyl halides is 3. The molecular weight excluding hydrogens is 201 g/mol. The van der Waals surface area contributed by atoms with Crippen LogP contribution in [0.5, 0.6) is 0 Å². The second-order valence-corrected chi connectivity index (χ2v) is 3.60. The molecule has 1 rings (SSSR count). The van der Waals surface area contributed by atoms with E-state index in [-0.39, 0.29) is 0 Å². The van der Waals surface area contributed by atoms with E-state index in [2.05, 4.69) is 10.3 Å². The lowest BCUT2D eigenvalue weighted by Crippen LogP contribution is -2.09. The Morgan fingerprint density at radius 1 is 1.54 bits per heavy atom. The fourth-order valence-electron chi connectivity index (χ4n) is 0.802. The Balaban J connectivity index is 2.64. The van der Waals surface area contributed by atoms with Crippen LogP contribution in [0.25, 0.3) is 0 Å². The molecule has 1 aromatic heterocycles. The van der Waals surface area contributed by atoms with E-state index in [0.29, 0.717) is 29.2 Å². The van der Waals surface area contributed by atoms with Crippen molar-refractivity contribution in [2.24, 2.45) is 0 Å². The molecule has 0 amide bonds. The monoisotopic (exact) mass is 210 g/mol. The zero-order valence-electron chi connectivity index (χ0n) is 6.98. The second-order valence-electron chi connectivity index (χ2n) is 2.48. The molecule has 0 aromatic carbocycles. The minimum Gasteiger partial charge on any atom is -0.319 e. The van der Waals surface area contributed by atoms with Crippen molar-refractivity contribution in [1.82, 2.24) is 10.3 Å². The first-order valence-electron chi connectivity index (χ1n) is 3.70. The van der Waals surface area contributed by atoms with E-state index in [1.54, 1.807) is 7.05 Å². The molecule has 74 valence electrons. The molecule has 0 unspecified atom stereocenters. The maximum atomic E-state index is 12.1. The highest BCUT2D eigenvalue weighted by molar-refractivity contribution is 7.11. The Morgan fingerprint density at radius 2 is 2.23 bits per heavy atom. The van der Waals surface area contributed by atoms with Gasteiger partial charge in [-0.2, -0.15) is 13.2 Å². The molecule has 1 aromatic rings. The van der Waals surface area contributed by atoms with E-state index in [0.717, 1.165) is 0 Å². The van der Waals surface area contributed by atoms with Crippen LogP contribution in [0.2, 0.25) is 0 Å². The minimum absolute atomic E-state index is 0.588. The molecule has 0 atom stereocenters. The fraction of sp³-hybridized carbons (Fsp3) is 0.571. The zero-order valence-corrected chi connectivity index (χ0v) is 7.80. The molecule has 2 nitrogen and oxygen atoms in total. The average Bonchev–Trinajstić information content (AvgIpc) is 2.47. The lowest BCUT2D eigenvalue weighted by Gasteiger charge is -1.99. The van der Waals surface area contributed by atoms with Crippen molar-refractivity contribution < 1.29 is 13.2 Å². The first kappa shape index (κ1) is 10.5. The summed E-state index contributed by atoms with van der Waals surface area (Å²) in [6.07, 6.45) is -2.43. The molecule has 0 saturated carbocycles. The molecular formula is C7H9F3N2S. The van der Waals surface area contributed by atoms with Gasteiger partial charge in [-0.25, -0.2) is 4.98 Å². The summed E-state index contributed by atoms with van der Waals surface area (Å²) in [4.78, 5) is 3.96. The smallest absolute Gasteiger partial charge is 0.319 e. The topological polar surface area (TPSA) is 24.9 Å². The number of nitrogens with one attached hydrogen (secondary N) is 1. The number of halogens is 3. The molecule has 0 spiro atoms. The second kappa shape index (κ2) is 4.06. The molecule has 6 heteroatoms. The quantitative estimate of drug-likeness (QED) is 0.824. The van der Waals surface area contributed by atoms with Gasteiger partial charge in [0.25, 0.3) is 0 Å². The Hall–Kier alpha value is -0.620. The van der Waals surface area contributed by atoms with Gasteiger partial charge in [0, 0.05) is 11.1 Å². The standard InChI is InChI=1S/C7H9F3N2S/c1-11-3-2-5-4-12-6(13-5)7(8,9)10/h4,11H,2-3H2,1H3. The Bertz CT molecular complexity index is 269. The lowest BCUT2D eigenvalue weighted by molar-refractivity contribution is -0.137. The number of aromatic nitrogens is 1. The molecule has 0 aliphatic carbocycles. The zero-order chi connectivity index (χ0) is 9.90. The van der Waals surface area contributed by atoms with Crippen LogP contribution in [0.3, 0.4) is 0 Å². The van der Waals surface area contributed by atoms with Crippen LogP contribution in [0.4, 0.5) is 13.2 Å². The van der Waals surface area contributed by atoms with Gasteiger partial charge in [0.1, 0.15) is 0 Å².